The first-order valence-corrected chi connectivity index (χ1v) is 4.00. The fourth-order valence-corrected chi connectivity index (χ4v) is 0. The van der Waals surface area contributed by atoms with Crippen molar-refractivity contribution in [3.05, 3.63) is 0 Å². The van der Waals surface area contributed by atoms with Crippen molar-refractivity contribution in [3.8, 4) is 0 Å². The van der Waals surface area contributed by atoms with Crippen molar-refractivity contribution < 1.29 is 73.8 Å². The molecule has 0 saturated heterocycles. The SMILES string of the molecule is O=S(=O)([O-])[O-].O=S(=O)([O-])[O-].[Cu+2].[Ti+4]. The average Bonchev–Trinajstić information content (AvgIpc) is 1.12. The van der Waals surface area contributed by atoms with Crippen LogP contribution in [0.3, 0.4) is 0 Å². The fourth-order valence-electron chi connectivity index (χ4n) is 0. The summed E-state index contributed by atoms with van der Waals surface area (Å²) in [5.74, 6) is 0. The zero-order chi connectivity index (χ0) is 9.00. The van der Waals surface area contributed by atoms with Crippen LogP contribution in [0.25, 0.3) is 0 Å². The second-order valence-corrected chi connectivity index (χ2v) is 2.45. The average molecular weight is 304 g/mol. The molecule has 0 unspecified atom stereocenters. The summed E-state index contributed by atoms with van der Waals surface area (Å²) in [6.07, 6.45) is 0. The quantitative estimate of drug-likeness (QED) is 0.265. The van der Waals surface area contributed by atoms with E-state index >= 15 is 0 Å². The molecule has 8 nitrogen and oxygen atoms in total. The van der Waals surface area contributed by atoms with Crippen molar-refractivity contribution in [2.45, 2.75) is 0 Å². The van der Waals surface area contributed by atoms with Gasteiger partial charge in [0.15, 0.2) is 0 Å². The van der Waals surface area contributed by atoms with Crippen LogP contribution >= 0.6 is 0 Å². The molecule has 0 aliphatic rings. The van der Waals surface area contributed by atoms with Crippen molar-refractivity contribution in [3.63, 3.8) is 0 Å². The van der Waals surface area contributed by atoms with Crippen molar-refractivity contribution in [1.29, 1.82) is 0 Å². The van der Waals surface area contributed by atoms with Crippen molar-refractivity contribution >= 4 is 20.8 Å². The van der Waals surface area contributed by atoms with E-state index in [4.69, 9.17) is 35.0 Å². The molecule has 0 aromatic carbocycles. The zero-order valence-corrected chi connectivity index (χ0v) is 9.02. The van der Waals surface area contributed by atoms with E-state index in [1.165, 1.54) is 0 Å². The predicted molar refractivity (Wildman–Crippen MR) is 20.9 cm³/mol. The Morgan fingerprint density at radius 3 is 0.667 bits per heavy atom. The van der Waals surface area contributed by atoms with Gasteiger partial charge >= 0.3 is 38.8 Å². The number of rotatable bonds is 0. The van der Waals surface area contributed by atoms with Gasteiger partial charge in [0.05, 0.1) is 0 Å². The van der Waals surface area contributed by atoms with Crippen LogP contribution in [0.15, 0.2) is 0 Å². The third-order valence-corrected chi connectivity index (χ3v) is 0. The van der Waals surface area contributed by atoms with Crippen LogP contribution in [0.4, 0.5) is 0 Å². The smallest absolute Gasteiger partial charge is 0.759 e. The van der Waals surface area contributed by atoms with Gasteiger partial charge in [0.1, 0.15) is 0 Å². The van der Waals surface area contributed by atoms with Crippen LogP contribution in [0.2, 0.25) is 0 Å². The number of hydrogen-bond donors (Lipinski definition) is 0. The van der Waals surface area contributed by atoms with Gasteiger partial charge < -0.3 is 18.2 Å². The monoisotopic (exact) mass is 303 g/mol. The second kappa shape index (κ2) is 8.57. The van der Waals surface area contributed by atoms with E-state index in [2.05, 4.69) is 0 Å². The third kappa shape index (κ3) is 1150. The molecule has 0 bridgehead atoms. The maximum atomic E-state index is 8.52. The van der Waals surface area contributed by atoms with Gasteiger partial charge in [-0.1, -0.05) is 0 Å². The molecule has 1 radical (unpaired) electrons. The Labute approximate surface area is 94.2 Å². The molecule has 0 aliphatic carbocycles. The maximum Gasteiger partial charge on any atom is 4.00 e. The van der Waals surface area contributed by atoms with E-state index in [1.54, 1.807) is 0 Å². The Bertz CT molecular complexity index is 213. The minimum atomic E-state index is -5.17. The molecule has 0 N–H and O–H groups in total. The second-order valence-electron chi connectivity index (χ2n) is 0.816. The molecular weight excluding hydrogens is 304 g/mol. The first-order valence-electron chi connectivity index (χ1n) is 1.33. The van der Waals surface area contributed by atoms with E-state index in [-0.39, 0.29) is 38.8 Å². The van der Waals surface area contributed by atoms with Crippen LogP contribution in [-0.2, 0) is 59.6 Å². The van der Waals surface area contributed by atoms with E-state index < -0.39 is 20.8 Å². The largest absolute Gasteiger partial charge is 4.00 e. The summed E-state index contributed by atoms with van der Waals surface area (Å²) < 4.78 is 68.2. The molecule has 73 valence electrons. The Balaban J connectivity index is -0.0000000457. The normalized spacial score (nSPS) is 9.67. The van der Waals surface area contributed by atoms with E-state index in [0.717, 1.165) is 0 Å². The molecule has 0 aliphatic heterocycles. The molecule has 0 fully saturated rings. The first kappa shape index (κ1) is 23.1. The molecule has 0 atom stereocenters. The Morgan fingerprint density at radius 1 is 0.667 bits per heavy atom. The van der Waals surface area contributed by atoms with Gasteiger partial charge in [-0.15, -0.1) is 0 Å². The standard InChI is InChI=1S/Cu.2H2O4S.Ti/c;2*1-5(2,3)4;/h;2*(H2,1,2,3,4);/q+2;;;+4/p-4. The zero-order valence-electron chi connectivity index (χ0n) is 4.88. The molecule has 12 heteroatoms. The fraction of sp³-hybridized carbons (Fsp3) is 0. The van der Waals surface area contributed by atoms with Crippen LogP contribution in [0.5, 0.6) is 0 Å². The summed E-state index contributed by atoms with van der Waals surface area (Å²) in [5, 5.41) is 0. The van der Waals surface area contributed by atoms with Crippen molar-refractivity contribution in [2.24, 2.45) is 0 Å². The Kier molecular flexibility index (Phi) is 16.5. The van der Waals surface area contributed by atoms with Crippen LogP contribution in [0.1, 0.15) is 0 Å². The van der Waals surface area contributed by atoms with Gasteiger partial charge in [0.25, 0.3) is 0 Å². The van der Waals surface area contributed by atoms with Crippen LogP contribution < -0.4 is 0 Å². The van der Waals surface area contributed by atoms with Crippen LogP contribution in [0, 0.1) is 0 Å². The number of hydrogen-bond acceptors (Lipinski definition) is 8. The van der Waals surface area contributed by atoms with Gasteiger partial charge in [-0.25, -0.2) is 0 Å². The molecule has 0 aromatic rings. The summed E-state index contributed by atoms with van der Waals surface area (Å²) in [7, 11) is -10.3. The molecule has 0 rings (SSSR count). The van der Waals surface area contributed by atoms with Gasteiger partial charge in [-0.05, 0) is 0 Å². The minimum absolute atomic E-state index is 0. The Hall–Kier alpha value is 0.974. The molecule has 0 amide bonds. The molecule has 12 heavy (non-hydrogen) atoms. The Morgan fingerprint density at radius 2 is 0.667 bits per heavy atom. The van der Waals surface area contributed by atoms with Crippen molar-refractivity contribution in [2.75, 3.05) is 0 Å². The van der Waals surface area contributed by atoms with E-state index in [9.17, 15) is 0 Å². The molecular formula is CuO8S2Ti+2. The third-order valence-electron chi connectivity index (χ3n) is 0. The minimum Gasteiger partial charge on any atom is -0.759 e. The maximum absolute atomic E-state index is 8.52. The molecule has 0 saturated carbocycles. The van der Waals surface area contributed by atoms with Gasteiger partial charge in [0.2, 0.25) is 0 Å². The van der Waals surface area contributed by atoms with Gasteiger partial charge in [0, 0.05) is 20.8 Å². The molecule has 0 aromatic heterocycles. The molecule has 0 heterocycles. The first-order chi connectivity index (χ1) is 4.00. The summed E-state index contributed by atoms with van der Waals surface area (Å²) in [6.45, 7) is 0. The van der Waals surface area contributed by atoms with Gasteiger partial charge in [-0.3, -0.25) is 16.8 Å². The molecule has 0 spiro atoms. The summed E-state index contributed by atoms with van der Waals surface area (Å²) in [6, 6.07) is 0. The predicted octanol–water partition coefficient (Wildman–Crippen LogP) is -2.68. The van der Waals surface area contributed by atoms with Gasteiger partial charge in [-0.2, -0.15) is 0 Å². The van der Waals surface area contributed by atoms with Crippen molar-refractivity contribution in [1.82, 2.24) is 0 Å². The van der Waals surface area contributed by atoms with Crippen LogP contribution in [-0.4, -0.2) is 35.0 Å². The summed E-state index contributed by atoms with van der Waals surface area (Å²) in [4.78, 5) is 0. The topological polar surface area (TPSA) is 161 Å². The van der Waals surface area contributed by atoms with E-state index in [1.807, 2.05) is 0 Å². The van der Waals surface area contributed by atoms with E-state index in [0.29, 0.717) is 0 Å². The summed E-state index contributed by atoms with van der Waals surface area (Å²) >= 11 is 0. The summed E-state index contributed by atoms with van der Waals surface area (Å²) in [5.41, 5.74) is 0.